The number of benzene rings is 2. The van der Waals surface area contributed by atoms with Crippen LogP contribution in [0, 0.1) is 11.6 Å². The Balaban J connectivity index is 1.27. The summed E-state index contributed by atoms with van der Waals surface area (Å²) in [4.78, 5) is 18.3. The monoisotopic (exact) mass is 658 g/mol. The van der Waals surface area contributed by atoms with Gasteiger partial charge in [0.2, 0.25) is 0 Å². The summed E-state index contributed by atoms with van der Waals surface area (Å²) in [6.07, 6.45) is 9.37. The third-order valence-electron chi connectivity index (χ3n) is 10.4. The number of anilines is 1. The lowest BCUT2D eigenvalue weighted by molar-refractivity contribution is 0.107. The molecule has 13 heteroatoms. The van der Waals surface area contributed by atoms with E-state index in [0.29, 0.717) is 60.0 Å². The Morgan fingerprint density at radius 3 is 2.81 bits per heavy atom. The molecular weight excluding hydrogens is 621 g/mol. The van der Waals surface area contributed by atoms with Crippen LogP contribution >= 0.6 is 0 Å². The molecule has 3 aromatic heterocycles. The highest BCUT2D eigenvalue weighted by Gasteiger charge is 2.49. The number of nitrogens with zero attached hydrogens (tertiary/aromatic N) is 8. The van der Waals surface area contributed by atoms with Gasteiger partial charge >= 0.3 is 6.01 Å². The largest absolute Gasteiger partial charge is 0.508 e. The number of alkyl halides is 1. The molecule has 1 N–H and O–H groups in total. The predicted molar refractivity (Wildman–Crippen MR) is 175 cm³/mol. The van der Waals surface area contributed by atoms with Crippen LogP contribution in [0.5, 0.6) is 11.8 Å². The first kappa shape index (κ1) is 30.8. The fourth-order valence-corrected chi connectivity index (χ4v) is 8.14. The van der Waals surface area contributed by atoms with Crippen molar-refractivity contribution < 1.29 is 23.0 Å². The number of hydrogen-bond acceptors (Lipinski definition) is 9. The number of phenolic OH excluding ortho intramolecular Hbond substituents is 1. The number of phenols is 1. The average molecular weight is 659 g/mol. The second-order valence-electron chi connectivity index (χ2n) is 13.3. The molecule has 48 heavy (non-hydrogen) atoms. The van der Waals surface area contributed by atoms with Crippen LogP contribution in [0.1, 0.15) is 57.1 Å². The number of fused-ring (bicyclic) bond motifs is 3. The SMILES string of the molecule is CCc1c(F)ccc2cc(O)cc(-c3ncc4c(N5CCCCC(n6ccnn6)C5)nc(OC[C@@]56CCCN5C[C@H](F)C6)nc4c3F)c12. The van der Waals surface area contributed by atoms with Gasteiger partial charge < -0.3 is 14.7 Å². The molecule has 1 unspecified atom stereocenters. The third kappa shape index (κ3) is 5.28. The van der Waals surface area contributed by atoms with Gasteiger partial charge in [-0.25, -0.2) is 17.9 Å². The van der Waals surface area contributed by atoms with Crippen molar-refractivity contribution >= 4 is 27.5 Å². The number of hydrogen-bond donors (Lipinski definition) is 1. The van der Waals surface area contributed by atoms with Gasteiger partial charge in [-0.05, 0) is 79.6 Å². The molecule has 2 aromatic carbocycles. The number of aryl methyl sites for hydroxylation is 1. The van der Waals surface area contributed by atoms with Gasteiger partial charge in [0.25, 0.3) is 0 Å². The first-order chi connectivity index (χ1) is 23.3. The topological polar surface area (TPSA) is 105 Å². The van der Waals surface area contributed by atoms with E-state index in [2.05, 4.69) is 30.1 Å². The Labute approximate surface area is 275 Å². The maximum Gasteiger partial charge on any atom is 0.319 e. The quantitative estimate of drug-likeness (QED) is 0.220. The van der Waals surface area contributed by atoms with Crippen molar-refractivity contribution in [3.63, 3.8) is 0 Å². The summed E-state index contributed by atoms with van der Waals surface area (Å²) in [5.74, 6) is -0.750. The van der Waals surface area contributed by atoms with E-state index in [0.717, 1.165) is 38.6 Å². The predicted octanol–water partition coefficient (Wildman–Crippen LogP) is 6.17. The van der Waals surface area contributed by atoms with E-state index < -0.39 is 23.3 Å². The van der Waals surface area contributed by atoms with Crippen LogP contribution in [0.15, 0.2) is 42.9 Å². The molecule has 10 nitrogen and oxygen atoms in total. The van der Waals surface area contributed by atoms with Crippen molar-refractivity contribution in [1.82, 2.24) is 34.8 Å². The van der Waals surface area contributed by atoms with Gasteiger partial charge in [-0.15, -0.1) is 5.10 Å². The lowest BCUT2D eigenvalue weighted by atomic mass is 9.94. The van der Waals surface area contributed by atoms with Gasteiger partial charge in [0.15, 0.2) is 5.82 Å². The molecule has 250 valence electrons. The number of pyridine rings is 1. The molecule has 0 radical (unpaired) electrons. The molecule has 5 aromatic rings. The van der Waals surface area contributed by atoms with Gasteiger partial charge in [0, 0.05) is 44.0 Å². The molecule has 3 aliphatic rings. The highest BCUT2D eigenvalue weighted by atomic mass is 19.1. The zero-order valence-electron chi connectivity index (χ0n) is 26.7. The smallest absolute Gasteiger partial charge is 0.319 e. The number of aromatic hydroxyl groups is 1. The highest BCUT2D eigenvalue weighted by molar-refractivity contribution is 6.01. The Morgan fingerprint density at radius 1 is 1.08 bits per heavy atom. The van der Waals surface area contributed by atoms with Crippen molar-refractivity contribution in [3.8, 4) is 23.0 Å². The summed E-state index contributed by atoms with van der Waals surface area (Å²) in [5.41, 5.74) is 0.171. The number of rotatable bonds is 7. The summed E-state index contributed by atoms with van der Waals surface area (Å²) in [5, 5.41) is 20.3. The van der Waals surface area contributed by atoms with E-state index in [1.54, 1.807) is 18.5 Å². The van der Waals surface area contributed by atoms with E-state index in [1.165, 1.54) is 18.2 Å². The molecule has 3 saturated heterocycles. The Morgan fingerprint density at radius 2 is 1.98 bits per heavy atom. The van der Waals surface area contributed by atoms with Gasteiger partial charge in [-0.2, -0.15) is 9.97 Å². The normalized spacial score (nSPS) is 23.2. The summed E-state index contributed by atoms with van der Waals surface area (Å²) in [6, 6.07) is 5.89. The van der Waals surface area contributed by atoms with Crippen molar-refractivity contribution in [2.45, 2.75) is 69.6 Å². The van der Waals surface area contributed by atoms with Crippen molar-refractivity contribution in [3.05, 3.63) is 60.1 Å². The maximum absolute atomic E-state index is 17.0. The number of halogens is 3. The molecule has 0 saturated carbocycles. The molecule has 6 heterocycles. The van der Waals surface area contributed by atoms with Crippen molar-refractivity contribution in [2.75, 3.05) is 37.7 Å². The van der Waals surface area contributed by atoms with E-state index in [9.17, 15) is 9.50 Å². The highest BCUT2D eigenvalue weighted by Crippen LogP contribution is 2.42. The molecule has 8 rings (SSSR count). The zero-order valence-corrected chi connectivity index (χ0v) is 26.7. The van der Waals surface area contributed by atoms with Crippen LogP contribution in [0.4, 0.5) is 19.0 Å². The van der Waals surface area contributed by atoms with E-state index in [4.69, 9.17) is 9.72 Å². The first-order valence-electron chi connectivity index (χ1n) is 16.8. The second kappa shape index (κ2) is 12.2. The van der Waals surface area contributed by atoms with Crippen LogP contribution in [0.3, 0.4) is 0 Å². The molecule has 3 aliphatic heterocycles. The minimum absolute atomic E-state index is 0.000283. The average Bonchev–Trinajstić information content (AvgIpc) is 3.76. The molecule has 3 atom stereocenters. The lowest BCUT2D eigenvalue weighted by Gasteiger charge is -2.31. The van der Waals surface area contributed by atoms with Crippen LogP contribution in [0.25, 0.3) is 32.9 Å². The summed E-state index contributed by atoms with van der Waals surface area (Å²) in [6.45, 7) is 4.43. The van der Waals surface area contributed by atoms with Gasteiger partial charge in [0.1, 0.15) is 41.4 Å². The van der Waals surface area contributed by atoms with Crippen LogP contribution in [0.2, 0.25) is 0 Å². The van der Waals surface area contributed by atoms with Crippen LogP contribution in [-0.2, 0) is 6.42 Å². The van der Waals surface area contributed by atoms with Crippen LogP contribution < -0.4 is 9.64 Å². The minimum Gasteiger partial charge on any atom is -0.508 e. The Hall–Kier alpha value is -4.52. The van der Waals surface area contributed by atoms with E-state index in [1.807, 2.05) is 17.8 Å². The molecule has 3 fully saturated rings. The lowest BCUT2D eigenvalue weighted by Crippen LogP contribution is -2.43. The summed E-state index contributed by atoms with van der Waals surface area (Å²) >= 11 is 0. The van der Waals surface area contributed by atoms with Gasteiger partial charge in [-0.3, -0.25) is 9.88 Å². The van der Waals surface area contributed by atoms with E-state index >= 15 is 8.78 Å². The van der Waals surface area contributed by atoms with Crippen LogP contribution in [-0.4, -0.2) is 84.4 Å². The van der Waals surface area contributed by atoms with Crippen molar-refractivity contribution in [2.24, 2.45) is 0 Å². The standard InChI is InChI=1S/C35H37F3N8O2/c1-2-25-28(37)8-7-21-14-24(47)15-26(29(21)25)31-30(38)32-27(17-39-31)33(44-11-4-3-6-23(19-44)46-13-10-40-43-46)42-34(41-32)48-20-35-9-5-12-45(35)18-22(36)16-35/h7-8,10,13-15,17,22-23,47H,2-6,9,11-12,16,18-20H2,1H3/t22-,23?,35+/m1/s1. The Bertz CT molecular complexity index is 1990. The minimum atomic E-state index is -0.922. The Kier molecular flexibility index (Phi) is 7.81. The molecule has 0 aliphatic carbocycles. The molecular formula is C35H37F3N8O2. The van der Waals surface area contributed by atoms with Crippen molar-refractivity contribution in [1.29, 1.82) is 0 Å². The number of aromatic nitrogens is 6. The molecule has 0 spiro atoms. The maximum atomic E-state index is 17.0. The molecule has 0 bridgehead atoms. The number of ether oxygens (including phenoxy) is 1. The third-order valence-corrected chi connectivity index (χ3v) is 10.4. The fourth-order valence-electron chi connectivity index (χ4n) is 8.14. The zero-order chi connectivity index (χ0) is 33.0. The fraction of sp³-hybridized carbons (Fsp3) is 0.457. The summed E-state index contributed by atoms with van der Waals surface area (Å²) < 4.78 is 54.7. The summed E-state index contributed by atoms with van der Waals surface area (Å²) in [7, 11) is 0. The first-order valence-corrected chi connectivity index (χ1v) is 16.8. The molecule has 0 amide bonds. The second-order valence-corrected chi connectivity index (χ2v) is 13.3. The van der Waals surface area contributed by atoms with Gasteiger partial charge in [0.05, 0.1) is 23.2 Å². The van der Waals surface area contributed by atoms with E-state index in [-0.39, 0.29) is 41.2 Å². The van der Waals surface area contributed by atoms with Gasteiger partial charge in [-0.1, -0.05) is 18.2 Å².